The van der Waals surface area contributed by atoms with Crippen molar-refractivity contribution >= 4 is 17.3 Å². The van der Waals surface area contributed by atoms with E-state index in [1.165, 1.54) is 12.1 Å². The molecule has 21 heavy (non-hydrogen) atoms. The van der Waals surface area contributed by atoms with E-state index in [1.807, 2.05) is 30.3 Å². The third-order valence-electron chi connectivity index (χ3n) is 2.87. The molecule has 0 aliphatic rings. The summed E-state index contributed by atoms with van der Waals surface area (Å²) in [7, 11) is 0. The molecule has 0 spiro atoms. The first-order valence-electron chi connectivity index (χ1n) is 6.62. The van der Waals surface area contributed by atoms with E-state index in [2.05, 4.69) is 5.32 Å². The van der Waals surface area contributed by atoms with Gasteiger partial charge in [-0.2, -0.15) is 0 Å². The smallest absolute Gasteiger partial charge is 0.123 e. The molecule has 112 valence electrons. The van der Waals surface area contributed by atoms with Crippen LogP contribution in [0.25, 0.3) is 0 Å². The number of ether oxygens (including phenoxy) is 1. The number of aliphatic hydroxyl groups is 1. The Balaban J connectivity index is 1.85. The second-order valence-corrected chi connectivity index (χ2v) is 4.94. The highest BCUT2D eigenvalue weighted by Gasteiger charge is 2.02. The Hall–Kier alpha value is -1.78. The van der Waals surface area contributed by atoms with Crippen LogP contribution in [0.3, 0.4) is 0 Å². The van der Waals surface area contributed by atoms with Gasteiger partial charge in [0.15, 0.2) is 0 Å². The fourth-order valence-electron chi connectivity index (χ4n) is 1.75. The van der Waals surface area contributed by atoms with Crippen LogP contribution in [0.2, 0.25) is 0 Å². The average molecular weight is 310 g/mol. The maximum absolute atomic E-state index is 13.0. The van der Waals surface area contributed by atoms with Crippen LogP contribution in [-0.2, 0) is 6.61 Å². The maximum Gasteiger partial charge on any atom is 0.123 e. The number of benzene rings is 2. The number of halogens is 2. The van der Waals surface area contributed by atoms with Gasteiger partial charge in [0.1, 0.15) is 18.2 Å². The summed E-state index contributed by atoms with van der Waals surface area (Å²) in [5, 5.41) is 12.4. The minimum atomic E-state index is -0.574. The van der Waals surface area contributed by atoms with Crippen molar-refractivity contribution in [3.63, 3.8) is 0 Å². The molecule has 3 nitrogen and oxygen atoms in total. The Morgan fingerprint density at radius 3 is 2.62 bits per heavy atom. The fourth-order valence-corrected chi connectivity index (χ4v) is 1.86. The van der Waals surface area contributed by atoms with E-state index in [-0.39, 0.29) is 11.7 Å². The van der Waals surface area contributed by atoms with Gasteiger partial charge < -0.3 is 15.2 Å². The lowest BCUT2D eigenvalue weighted by Crippen LogP contribution is -2.20. The number of hydrogen-bond donors (Lipinski definition) is 2. The largest absolute Gasteiger partial charge is 0.489 e. The van der Waals surface area contributed by atoms with Gasteiger partial charge in [0, 0.05) is 12.2 Å². The molecule has 0 heterocycles. The lowest BCUT2D eigenvalue weighted by molar-refractivity contribution is 0.211. The van der Waals surface area contributed by atoms with Crippen molar-refractivity contribution in [2.45, 2.75) is 12.7 Å². The average Bonchev–Trinajstić information content (AvgIpc) is 2.51. The summed E-state index contributed by atoms with van der Waals surface area (Å²) in [6.45, 7) is 0.711. The first-order chi connectivity index (χ1) is 10.2. The predicted octanol–water partition coefficient (Wildman–Crippen LogP) is 3.42. The molecule has 2 rings (SSSR count). The highest BCUT2D eigenvalue weighted by Crippen LogP contribution is 2.17. The SMILES string of the molecule is OC(CCl)CNc1ccc(OCc2cccc(F)c2)cc1. The van der Waals surface area contributed by atoms with E-state index >= 15 is 0 Å². The number of aliphatic hydroxyl groups excluding tert-OH is 1. The summed E-state index contributed by atoms with van der Waals surface area (Å²) in [6, 6.07) is 13.6. The number of hydrogen-bond acceptors (Lipinski definition) is 3. The summed E-state index contributed by atoms with van der Waals surface area (Å²) >= 11 is 5.52. The second kappa shape index (κ2) is 7.86. The monoisotopic (exact) mass is 309 g/mol. The van der Waals surface area contributed by atoms with Crippen LogP contribution < -0.4 is 10.1 Å². The third-order valence-corrected chi connectivity index (χ3v) is 3.23. The standard InChI is InChI=1S/C16H17ClFNO2/c17-9-15(20)10-19-14-4-6-16(7-5-14)21-11-12-2-1-3-13(18)8-12/h1-8,15,19-20H,9-11H2. The molecule has 0 aromatic heterocycles. The molecule has 1 unspecified atom stereocenters. The van der Waals surface area contributed by atoms with Crippen LogP contribution in [-0.4, -0.2) is 23.6 Å². The molecule has 0 bridgehead atoms. The van der Waals surface area contributed by atoms with Crippen LogP contribution in [0.5, 0.6) is 5.75 Å². The number of alkyl halides is 1. The Morgan fingerprint density at radius 1 is 1.19 bits per heavy atom. The van der Waals surface area contributed by atoms with Crippen LogP contribution in [0, 0.1) is 5.82 Å². The van der Waals surface area contributed by atoms with Crippen molar-refractivity contribution in [1.82, 2.24) is 0 Å². The fraction of sp³-hybridized carbons (Fsp3) is 0.250. The van der Waals surface area contributed by atoms with Crippen LogP contribution in [0.1, 0.15) is 5.56 Å². The summed E-state index contributed by atoms with van der Waals surface area (Å²) in [6.07, 6.45) is -0.574. The van der Waals surface area contributed by atoms with Crippen LogP contribution in [0.4, 0.5) is 10.1 Å². The van der Waals surface area contributed by atoms with Crippen molar-refractivity contribution in [1.29, 1.82) is 0 Å². The zero-order valence-electron chi connectivity index (χ0n) is 11.4. The van der Waals surface area contributed by atoms with Crippen molar-refractivity contribution in [3.8, 4) is 5.75 Å². The van der Waals surface area contributed by atoms with Crippen LogP contribution >= 0.6 is 11.6 Å². The van der Waals surface area contributed by atoms with Crippen molar-refractivity contribution in [2.24, 2.45) is 0 Å². The Kier molecular flexibility index (Phi) is 5.84. The van der Waals surface area contributed by atoms with Gasteiger partial charge in [-0.15, -0.1) is 11.6 Å². The summed E-state index contributed by atoms with van der Waals surface area (Å²) < 4.78 is 18.6. The first kappa shape index (κ1) is 15.6. The first-order valence-corrected chi connectivity index (χ1v) is 7.16. The number of nitrogens with one attached hydrogen (secondary N) is 1. The van der Waals surface area contributed by atoms with E-state index in [4.69, 9.17) is 16.3 Å². The van der Waals surface area contributed by atoms with E-state index in [1.54, 1.807) is 6.07 Å². The Morgan fingerprint density at radius 2 is 1.95 bits per heavy atom. The molecular formula is C16H17ClFNO2. The molecule has 5 heteroatoms. The maximum atomic E-state index is 13.0. The van der Waals surface area contributed by atoms with Gasteiger partial charge in [0.25, 0.3) is 0 Å². The molecule has 0 radical (unpaired) electrons. The predicted molar refractivity (Wildman–Crippen MR) is 82.4 cm³/mol. The molecule has 2 N–H and O–H groups in total. The van der Waals surface area contributed by atoms with Gasteiger partial charge in [-0.25, -0.2) is 4.39 Å². The molecule has 2 aromatic carbocycles. The van der Waals surface area contributed by atoms with E-state index < -0.39 is 6.10 Å². The highest BCUT2D eigenvalue weighted by molar-refractivity contribution is 6.18. The second-order valence-electron chi connectivity index (χ2n) is 4.63. The topological polar surface area (TPSA) is 41.5 Å². The van der Waals surface area contributed by atoms with Crippen molar-refractivity contribution in [2.75, 3.05) is 17.7 Å². The molecule has 2 aromatic rings. The lowest BCUT2D eigenvalue weighted by atomic mass is 10.2. The van der Waals surface area contributed by atoms with Gasteiger partial charge in [-0.1, -0.05) is 12.1 Å². The Labute approximate surface area is 128 Å². The van der Waals surface area contributed by atoms with Crippen molar-refractivity contribution in [3.05, 3.63) is 59.9 Å². The molecule has 0 fully saturated rings. The molecule has 1 atom stereocenters. The summed E-state index contributed by atoms with van der Waals surface area (Å²) in [5.74, 6) is 0.623. The molecule has 0 aliphatic carbocycles. The summed E-state index contributed by atoms with van der Waals surface area (Å²) in [5.41, 5.74) is 1.65. The molecular weight excluding hydrogens is 293 g/mol. The molecule has 0 aliphatic heterocycles. The van der Waals surface area contributed by atoms with E-state index in [9.17, 15) is 9.50 Å². The number of anilines is 1. The third kappa shape index (κ3) is 5.25. The minimum absolute atomic E-state index is 0.196. The minimum Gasteiger partial charge on any atom is -0.489 e. The zero-order chi connectivity index (χ0) is 15.1. The van der Waals surface area contributed by atoms with Crippen molar-refractivity contribution < 1.29 is 14.2 Å². The lowest BCUT2D eigenvalue weighted by Gasteiger charge is -2.11. The van der Waals surface area contributed by atoms with Gasteiger partial charge in [-0.05, 0) is 42.0 Å². The highest BCUT2D eigenvalue weighted by atomic mass is 35.5. The molecule has 0 amide bonds. The Bertz CT molecular complexity index is 562. The van der Waals surface area contributed by atoms with E-state index in [0.29, 0.717) is 18.9 Å². The van der Waals surface area contributed by atoms with E-state index in [0.717, 1.165) is 11.3 Å². The number of rotatable bonds is 7. The van der Waals surface area contributed by atoms with Gasteiger partial charge >= 0.3 is 0 Å². The van der Waals surface area contributed by atoms with Gasteiger partial charge in [0.05, 0.1) is 12.0 Å². The normalized spacial score (nSPS) is 12.0. The molecule has 0 saturated heterocycles. The van der Waals surface area contributed by atoms with Gasteiger partial charge in [0.2, 0.25) is 0 Å². The summed E-state index contributed by atoms with van der Waals surface area (Å²) in [4.78, 5) is 0. The molecule has 0 saturated carbocycles. The zero-order valence-corrected chi connectivity index (χ0v) is 12.2. The van der Waals surface area contributed by atoms with Crippen LogP contribution in [0.15, 0.2) is 48.5 Å². The van der Waals surface area contributed by atoms with Gasteiger partial charge in [-0.3, -0.25) is 0 Å². The quantitative estimate of drug-likeness (QED) is 0.770.